The number of morpholine rings is 1. The summed E-state index contributed by atoms with van der Waals surface area (Å²) >= 11 is 1.15. The fourth-order valence-corrected chi connectivity index (χ4v) is 7.83. The highest BCUT2D eigenvalue weighted by Gasteiger charge is 2.35. The first-order valence-corrected chi connectivity index (χ1v) is 17.5. The van der Waals surface area contributed by atoms with E-state index < -0.39 is 27.9 Å². The Morgan fingerprint density at radius 3 is 2.49 bits per heavy atom. The third kappa shape index (κ3) is 8.31. The van der Waals surface area contributed by atoms with Crippen molar-refractivity contribution < 1.29 is 36.5 Å². The van der Waals surface area contributed by atoms with E-state index in [1.165, 1.54) is 16.4 Å². The summed E-state index contributed by atoms with van der Waals surface area (Å²) in [4.78, 5) is 4.36. The number of piperidine rings is 1. The Bertz CT molecular complexity index is 1360. The molecular weight excluding hydrogens is 607 g/mol. The molecule has 1 unspecified atom stereocenters. The smallest absolute Gasteiger partial charge is 0.393 e. The molecule has 0 spiro atoms. The molecule has 43 heavy (non-hydrogen) atoms. The van der Waals surface area contributed by atoms with Gasteiger partial charge in [-0.3, -0.25) is 9.58 Å². The molecule has 240 valence electrons. The van der Waals surface area contributed by atoms with E-state index in [1.54, 1.807) is 4.68 Å². The molecular formula is C28H40F3N5O5S2. The van der Waals surface area contributed by atoms with Crippen molar-refractivity contribution in [2.45, 2.75) is 55.6 Å². The Balaban J connectivity index is 1.42. The molecule has 0 aliphatic carbocycles. The number of benzene rings is 1. The number of nitrogens with zero attached hydrogens (tertiary/aromatic N) is 5. The standard InChI is InChI=1S/C28H40F3N5O5S2/c1-43(39,40)35-9-6-25-23(19-35)27(32-36(25)18-22(38)17-34-7-4-21(37)5-8-34)20-2-3-24(28(29,30)31)26(16-20)42-15-12-33-10-13-41-14-11-33/h2-3,16,21-22,37-38H,4-15,17-19H2,1H3. The number of aliphatic hydroxyl groups excluding tert-OH is 2. The van der Waals surface area contributed by atoms with E-state index in [0.29, 0.717) is 81.2 Å². The summed E-state index contributed by atoms with van der Waals surface area (Å²) in [6.45, 7) is 5.61. The molecule has 2 fully saturated rings. The van der Waals surface area contributed by atoms with Crippen LogP contribution < -0.4 is 0 Å². The van der Waals surface area contributed by atoms with Gasteiger partial charge in [-0.05, 0) is 25.0 Å². The summed E-state index contributed by atoms with van der Waals surface area (Å²) in [5.41, 5.74) is 1.63. The Kier molecular flexibility index (Phi) is 10.4. The van der Waals surface area contributed by atoms with E-state index in [1.807, 2.05) is 0 Å². The van der Waals surface area contributed by atoms with Crippen molar-refractivity contribution in [1.29, 1.82) is 0 Å². The monoisotopic (exact) mass is 647 g/mol. The summed E-state index contributed by atoms with van der Waals surface area (Å²) in [6, 6.07) is 3.99. The molecule has 3 aliphatic rings. The third-order valence-electron chi connectivity index (χ3n) is 8.31. The Hall–Kier alpha value is -1.72. The Morgan fingerprint density at radius 1 is 1.09 bits per heavy atom. The summed E-state index contributed by atoms with van der Waals surface area (Å²) in [5.74, 6) is 0.473. The van der Waals surface area contributed by atoms with E-state index >= 15 is 0 Å². The number of alkyl halides is 3. The number of hydrogen-bond donors (Lipinski definition) is 2. The van der Waals surface area contributed by atoms with Crippen LogP contribution in [0.5, 0.6) is 0 Å². The lowest BCUT2D eigenvalue weighted by molar-refractivity contribution is -0.139. The van der Waals surface area contributed by atoms with Crippen LogP contribution >= 0.6 is 11.8 Å². The Morgan fingerprint density at radius 2 is 1.81 bits per heavy atom. The summed E-state index contributed by atoms with van der Waals surface area (Å²) in [5, 5.41) is 25.5. The number of sulfonamides is 1. The fourth-order valence-electron chi connectivity index (χ4n) is 5.92. The average Bonchev–Trinajstić information content (AvgIpc) is 3.31. The van der Waals surface area contributed by atoms with Crippen molar-refractivity contribution in [2.24, 2.45) is 0 Å². The van der Waals surface area contributed by atoms with Crippen LogP contribution in [-0.4, -0.2) is 126 Å². The van der Waals surface area contributed by atoms with Crippen molar-refractivity contribution in [1.82, 2.24) is 23.9 Å². The molecule has 0 radical (unpaired) electrons. The Labute approximate surface area is 254 Å². The number of hydrogen-bond acceptors (Lipinski definition) is 9. The minimum Gasteiger partial charge on any atom is -0.393 e. The molecule has 2 saturated heterocycles. The van der Waals surface area contributed by atoms with Gasteiger partial charge >= 0.3 is 6.18 Å². The number of β-amino-alcohol motifs (C(OH)–C–C–N with tert-alkyl or cyclic N) is 1. The van der Waals surface area contributed by atoms with Gasteiger partial charge in [-0.15, -0.1) is 11.8 Å². The fraction of sp³-hybridized carbons (Fsp3) is 0.679. The van der Waals surface area contributed by atoms with E-state index in [-0.39, 0.29) is 30.6 Å². The van der Waals surface area contributed by atoms with Crippen LogP contribution in [0.3, 0.4) is 0 Å². The second-order valence-corrected chi connectivity index (χ2v) is 14.6. The van der Waals surface area contributed by atoms with Crippen molar-refractivity contribution >= 4 is 21.8 Å². The van der Waals surface area contributed by atoms with Gasteiger partial charge in [0, 0.05) is 86.2 Å². The maximum atomic E-state index is 14.0. The number of halogens is 3. The largest absolute Gasteiger partial charge is 0.417 e. The number of likely N-dealkylation sites (tertiary alicyclic amines) is 1. The second-order valence-electron chi connectivity index (χ2n) is 11.5. The van der Waals surface area contributed by atoms with Gasteiger partial charge in [-0.1, -0.05) is 6.07 Å². The quantitative estimate of drug-likeness (QED) is 0.375. The van der Waals surface area contributed by atoms with Crippen molar-refractivity contribution in [2.75, 3.05) is 71.0 Å². The molecule has 2 aromatic rings. The van der Waals surface area contributed by atoms with Gasteiger partial charge in [0.25, 0.3) is 0 Å². The van der Waals surface area contributed by atoms with Gasteiger partial charge in [0.1, 0.15) is 0 Å². The molecule has 4 heterocycles. The molecule has 3 aliphatic heterocycles. The number of aliphatic hydroxyl groups is 2. The first-order chi connectivity index (χ1) is 20.4. The van der Waals surface area contributed by atoms with E-state index in [9.17, 15) is 31.8 Å². The zero-order chi connectivity index (χ0) is 30.8. The highest BCUT2D eigenvalue weighted by atomic mass is 32.2. The lowest BCUT2D eigenvalue weighted by atomic mass is 10.0. The number of ether oxygens (including phenoxy) is 1. The van der Waals surface area contributed by atoms with Crippen LogP contribution in [0.15, 0.2) is 23.1 Å². The highest BCUT2D eigenvalue weighted by Crippen LogP contribution is 2.40. The second kappa shape index (κ2) is 13.7. The van der Waals surface area contributed by atoms with Crippen molar-refractivity contribution in [3.8, 4) is 11.3 Å². The molecule has 2 N–H and O–H groups in total. The normalized spacial score (nSPS) is 20.8. The molecule has 15 heteroatoms. The van der Waals surface area contributed by atoms with Gasteiger partial charge in [0.05, 0.1) is 49.5 Å². The first kappa shape index (κ1) is 32.7. The average molecular weight is 648 g/mol. The summed E-state index contributed by atoms with van der Waals surface area (Å²) in [7, 11) is -3.51. The van der Waals surface area contributed by atoms with Crippen LogP contribution in [0.2, 0.25) is 0 Å². The lowest BCUT2D eigenvalue weighted by Crippen LogP contribution is -2.41. The molecule has 5 rings (SSSR count). The minimum absolute atomic E-state index is 0.0597. The maximum Gasteiger partial charge on any atom is 0.417 e. The van der Waals surface area contributed by atoms with Crippen LogP contribution in [-0.2, 0) is 40.4 Å². The zero-order valence-electron chi connectivity index (χ0n) is 24.3. The minimum atomic E-state index is -4.53. The molecule has 1 aromatic carbocycles. The van der Waals surface area contributed by atoms with Crippen molar-refractivity contribution in [3.63, 3.8) is 0 Å². The predicted molar refractivity (Wildman–Crippen MR) is 157 cm³/mol. The number of aromatic nitrogens is 2. The zero-order valence-corrected chi connectivity index (χ0v) is 25.9. The van der Waals surface area contributed by atoms with E-state index in [4.69, 9.17) is 9.84 Å². The topological polar surface area (TPSA) is 111 Å². The number of rotatable bonds is 10. The molecule has 0 bridgehead atoms. The molecule has 0 saturated carbocycles. The van der Waals surface area contributed by atoms with Crippen molar-refractivity contribution in [3.05, 3.63) is 35.0 Å². The summed E-state index contributed by atoms with van der Waals surface area (Å²) in [6.07, 6.45) is -2.80. The van der Waals surface area contributed by atoms with Crippen LogP contribution in [0, 0.1) is 0 Å². The molecule has 1 aromatic heterocycles. The van der Waals surface area contributed by atoms with Gasteiger partial charge < -0.3 is 19.8 Å². The van der Waals surface area contributed by atoms with Gasteiger partial charge in [-0.2, -0.15) is 22.6 Å². The van der Waals surface area contributed by atoms with E-state index in [0.717, 1.165) is 42.9 Å². The molecule has 10 nitrogen and oxygen atoms in total. The first-order valence-electron chi connectivity index (χ1n) is 14.6. The molecule has 1 atom stereocenters. The van der Waals surface area contributed by atoms with Gasteiger partial charge in [0.15, 0.2) is 0 Å². The maximum absolute atomic E-state index is 14.0. The van der Waals surface area contributed by atoms with Crippen LogP contribution in [0.1, 0.15) is 29.7 Å². The summed E-state index contributed by atoms with van der Waals surface area (Å²) < 4.78 is 75.3. The third-order valence-corrected chi connectivity index (χ3v) is 10.6. The highest BCUT2D eigenvalue weighted by molar-refractivity contribution is 7.99. The van der Waals surface area contributed by atoms with Crippen LogP contribution in [0.4, 0.5) is 13.2 Å². The number of fused-ring (bicyclic) bond motifs is 1. The lowest BCUT2D eigenvalue weighted by Gasteiger charge is -2.31. The van der Waals surface area contributed by atoms with Gasteiger partial charge in [-0.25, -0.2) is 8.42 Å². The van der Waals surface area contributed by atoms with Gasteiger partial charge in [0.2, 0.25) is 10.0 Å². The molecule has 0 amide bonds. The van der Waals surface area contributed by atoms with Crippen LogP contribution in [0.25, 0.3) is 11.3 Å². The van der Waals surface area contributed by atoms with E-state index in [2.05, 4.69) is 9.80 Å². The number of thioether (sulfide) groups is 1. The SMILES string of the molecule is CS(=O)(=O)N1CCc2c(c(-c3ccc(C(F)(F)F)c(SCCN4CCOCC4)c3)nn2CC(O)CN2CCC(O)CC2)C1. The predicted octanol–water partition coefficient (Wildman–Crippen LogP) is 2.13.